The van der Waals surface area contributed by atoms with Gasteiger partial charge in [0.2, 0.25) is 5.91 Å². The standard InChI is InChI=1S/C34H47N3O15/c1-9-46-26(42)15-24(37(33(45)36-34(6,7)8)16-27(43)48-17-23-13-11-10-12-14-23)31(44)35-32-30(51-22(5)41)29(50-21(4)40)28(49-20(3)39)25(52-32)18-47-19(2)38/h10-14,24-25,28-30,32H,9,15-18H2,1-8H3,(H,35,44)(H,36,45)/t24?,25-,28-,29+,30-,32-/m1/s1. The molecule has 18 nitrogen and oxygen atoms in total. The molecule has 6 atom stereocenters. The first-order chi connectivity index (χ1) is 24.3. The van der Waals surface area contributed by atoms with E-state index in [-0.39, 0.29) is 13.2 Å². The van der Waals surface area contributed by atoms with Crippen LogP contribution in [0.4, 0.5) is 4.79 Å². The van der Waals surface area contributed by atoms with Gasteiger partial charge in [-0.2, -0.15) is 0 Å². The van der Waals surface area contributed by atoms with Crippen molar-refractivity contribution in [3.63, 3.8) is 0 Å². The summed E-state index contributed by atoms with van der Waals surface area (Å²) in [5.74, 6) is -6.42. The Morgan fingerprint density at radius 1 is 0.769 bits per heavy atom. The summed E-state index contributed by atoms with van der Waals surface area (Å²) >= 11 is 0. The van der Waals surface area contributed by atoms with Crippen molar-refractivity contribution in [2.45, 2.75) is 111 Å². The molecule has 0 bridgehead atoms. The number of hydrogen-bond donors (Lipinski definition) is 2. The van der Waals surface area contributed by atoms with Crippen LogP contribution in [-0.4, -0.2) is 115 Å². The van der Waals surface area contributed by atoms with Gasteiger partial charge in [0.25, 0.3) is 0 Å². The Hall–Kier alpha value is -5.26. The lowest BCUT2D eigenvalue weighted by atomic mass is 9.96. The molecule has 0 aromatic heterocycles. The Kier molecular flexibility index (Phi) is 16.5. The van der Waals surface area contributed by atoms with Crippen molar-refractivity contribution in [1.29, 1.82) is 0 Å². The lowest BCUT2D eigenvalue weighted by Gasteiger charge is -2.44. The second-order valence-corrected chi connectivity index (χ2v) is 12.6. The highest BCUT2D eigenvalue weighted by Gasteiger charge is 2.53. The Morgan fingerprint density at radius 2 is 1.35 bits per heavy atom. The van der Waals surface area contributed by atoms with Crippen LogP contribution in [0.1, 0.15) is 67.4 Å². The average molecular weight is 738 g/mol. The lowest BCUT2D eigenvalue weighted by molar-refractivity contribution is -0.257. The third-order valence-corrected chi connectivity index (χ3v) is 6.90. The summed E-state index contributed by atoms with van der Waals surface area (Å²) in [5.41, 5.74) is -0.236. The van der Waals surface area contributed by atoms with E-state index >= 15 is 0 Å². The van der Waals surface area contributed by atoms with Gasteiger partial charge in [0.1, 0.15) is 31.9 Å². The van der Waals surface area contributed by atoms with Crippen molar-refractivity contribution in [2.75, 3.05) is 19.8 Å². The zero-order valence-corrected chi connectivity index (χ0v) is 30.5. The topological polar surface area (TPSA) is 228 Å². The van der Waals surface area contributed by atoms with Gasteiger partial charge in [-0.1, -0.05) is 30.3 Å². The van der Waals surface area contributed by atoms with Gasteiger partial charge in [-0.3, -0.25) is 33.6 Å². The molecule has 1 heterocycles. The number of ether oxygens (including phenoxy) is 7. The van der Waals surface area contributed by atoms with E-state index in [0.717, 1.165) is 32.6 Å². The normalized spacial score (nSPS) is 20.2. The summed E-state index contributed by atoms with van der Waals surface area (Å²) in [6, 6.07) is 5.95. The fourth-order valence-electron chi connectivity index (χ4n) is 4.94. The van der Waals surface area contributed by atoms with Gasteiger partial charge in [-0.25, -0.2) is 4.79 Å². The minimum atomic E-state index is -1.78. The second kappa shape index (κ2) is 20.0. The lowest BCUT2D eigenvalue weighted by Crippen LogP contribution is -2.67. The van der Waals surface area contributed by atoms with E-state index < -0.39 is 110 Å². The van der Waals surface area contributed by atoms with E-state index in [9.17, 15) is 38.4 Å². The molecule has 1 aliphatic rings. The van der Waals surface area contributed by atoms with Gasteiger partial charge >= 0.3 is 41.8 Å². The highest BCUT2D eigenvalue weighted by Crippen LogP contribution is 2.29. The Balaban J connectivity index is 2.60. The van der Waals surface area contributed by atoms with Crippen LogP contribution in [0.2, 0.25) is 0 Å². The van der Waals surface area contributed by atoms with E-state index in [2.05, 4.69) is 10.6 Å². The first kappa shape index (κ1) is 42.9. The Morgan fingerprint density at radius 3 is 1.88 bits per heavy atom. The van der Waals surface area contributed by atoms with Crippen LogP contribution in [0.15, 0.2) is 30.3 Å². The number of hydrogen-bond acceptors (Lipinski definition) is 15. The smallest absolute Gasteiger partial charge is 0.326 e. The summed E-state index contributed by atoms with van der Waals surface area (Å²) in [7, 11) is 0. The van der Waals surface area contributed by atoms with Crippen LogP contribution in [0.3, 0.4) is 0 Å². The quantitative estimate of drug-likeness (QED) is 0.189. The van der Waals surface area contributed by atoms with E-state index in [0.29, 0.717) is 5.56 Å². The maximum absolute atomic E-state index is 14.2. The largest absolute Gasteiger partial charge is 0.466 e. The molecule has 0 radical (unpaired) electrons. The maximum Gasteiger partial charge on any atom is 0.326 e. The molecule has 18 heteroatoms. The van der Waals surface area contributed by atoms with Gasteiger partial charge < -0.3 is 48.7 Å². The predicted molar refractivity (Wildman–Crippen MR) is 176 cm³/mol. The Labute approximate surface area is 301 Å². The third-order valence-electron chi connectivity index (χ3n) is 6.90. The molecule has 1 saturated heterocycles. The number of amides is 3. The van der Waals surface area contributed by atoms with Crippen LogP contribution in [0.5, 0.6) is 0 Å². The van der Waals surface area contributed by atoms with Crippen LogP contribution >= 0.6 is 0 Å². The van der Waals surface area contributed by atoms with Crippen molar-refractivity contribution < 1.29 is 71.5 Å². The maximum atomic E-state index is 14.2. The van der Waals surface area contributed by atoms with E-state index in [1.807, 2.05) is 0 Å². The van der Waals surface area contributed by atoms with Gasteiger partial charge in [0, 0.05) is 33.2 Å². The van der Waals surface area contributed by atoms with Crippen molar-refractivity contribution in [1.82, 2.24) is 15.5 Å². The minimum Gasteiger partial charge on any atom is -0.466 e. The number of carbonyl (C=O) groups excluding carboxylic acids is 8. The zero-order chi connectivity index (χ0) is 39.2. The van der Waals surface area contributed by atoms with E-state index in [4.69, 9.17) is 33.2 Å². The molecule has 1 aliphatic heterocycles. The molecule has 1 aromatic carbocycles. The van der Waals surface area contributed by atoms with E-state index in [1.165, 1.54) is 6.92 Å². The van der Waals surface area contributed by atoms with Crippen molar-refractivity contribution in [3.8, 4) is 0 Å². The number of urea groups is 1. The SMILES string of the molecule is CCOC(=O)CC(C(=O)N[C@@H]1O[C@H](COC(C)=O)[C@@H](OC(C)=O)[C@H](OC(C)=O)[C@H]1OC(C)=O)N(CC(=O)OCc1ccccc1)C(=O)NC(C)(C)C. The molecule has 3 amide bonds. The molecule has 1 aromatic rings. The molecule has 0 aliphatic carbocycles. The molecule has 1 unspecified atom stereocenters. The first-order valence-electron chi connectivity index (χ1n) is 16.4. The predicted octanol–water partition coefficient (Wildman–Crippen LogP) is 1.06. The first-order valence-corrected chi connectivity index (χ1v) is 16.4. The number of carbonyl (C=O) groups is 8. The minimum absolute atomic E-state index is 0.0832. The molecule has 0 saturated carbocycles. The summed E-state index contributed by atoms with van der Waals surface area (Å²) < 4.78 is 37.6. The summed E-state index contributed by atoms with van der Waals surface area (Å²) in [6.45, 7) is 9.01. The molecule has 1 fully saturated rings. The van der Waals surface area contributed by atoms with Gasteiger partial charge in [0.05, 0.1) is 13.0 Å². The fraction of sp³-hybridized carbons (Fsp3) is 0.588. The van der Waals surface area contributed by atoms with Crippen LogP contribution in [0.25, 0.3) is 0 Å². The second-order valence-electron chi connectivity index (χ2n) is 12.6. The third kappa shape index (κ3) is 14.5. The zero-order valence-electron chi connectivity index (χ0n) is 30.5. The van der Waals surface area contributed by atoms with Gasteiger partial charge in [-0.05, 0) is 33.3 Å². The van der Waals surface area contributed by atoms with Crippen LogP contribution in [-0.2, 0) is 73.3 Å². The highest BCUT2D eigenvalue weighted by atomic mass is 16.7. The highest BCUT2D eigenvalue weighted by molar-refractivity contribution is 5.92. The summed E-state index contributed by atoms with van der Waals surface area (Å²) in [6.07, 6.45) is -8.75. The van der Waals surface area contributed by atoms with Gasteiger partial charge in [-0.15, -0.1) is 0 Å². The summed E-state index contributed by atoms with van der Waals surface area (Å²) in [4.78, 5) is 103. The number of rotatable bonds is 15. The van der Waals surface area contributed by atoms with Gasteiger partial charge in [0.15, 0.2) is 24.5 Å². The average Bonchev–Trinajstić information content (AvgIpc) is 3.02. The summed E-state index contributed by atoms with van der Waals surface area (Å²) in [5, 5.41) is 5.11. The number of nitrogens with one attached hydrogen (secondary N) is 2. The molecule has 288 valence electrons. The fourth-order valence-corrected chi connectivity index (χ4v) is 4.94. The molecule has 0 spiro atoms. The molecule has 2 rings (SSSR count). The molecule has 52 heavy (non-hydrogen) atoms. The van der Waals surface area contributed by atoms with Crippen molar-refractivity contribution in [3.05, 3.63) is 35.9 Å². The molecular weight excluding hydrogens is 690 g/mol. The van der Waals surface area contributed by atoms with Crippen molar-refractivity contribution in [2.24, 2.45) is 0 Å². The van der Waals surface area contributed by atoms with Crippen LogP contribution in [0, 0.1) is 0 Å². The number of benzene rings is 1. The molecular formula is C34H47N3O15. The van der Waals surface area contributed by atoms with Crippen molar-refractivity contribution >= 4 is 47.8 Å². The number of esters is 6. The van der Waals surface area contributed by atoms with Crippen LogP contribution < -0.4 is 10.6 Å². The van der Waals surface area contributed by atoms with E-state index in [1.54, 1.807) is 51.1 Å². The molecule has 2 N–H and O–H groups in total. The monoisotopic (exact) mass is 737 g/mol. The Bertz CT molecular complexity index is 1440. The number of nitrogens with zero attached hydrogens (tertiary/aromatic N) is 1.